The standard InChI is InChI=1S/C29H28O3.C2H6/c1-29(2,3)25-14-9-19(10-15-25)8-11-23-17-24(18-26(27(23)30)28(31)32)22-13-12-20-6-4-5-7-21(20)16-22;1-2/h4-7,9-10,12-18,30H,8,11H2,1-3H3,(H,31,32);1-2H3. The number of carboxylic acid groups (broad SMARTS) is 1. The first kappa shape index (κ1) is 25.0. The average Bonchev–Trinajstić information content (AvgIpc) is 2.84. The summed E-state index contributed by atoms with van der Waals surface area (Å²) in [7, 11) is 0. The van der Waals surface area contributed by atoms with Gasteiger partial charge in [0.05, 0.1) is 0 Å². The predicted molar refractivity (Wildman–Crippen MR) is 142 cm³/mol. The van der Waals surface area contributed by atoms with Crippen LogP contribution in [0.5, 0.6) is 5.75 Å². The van der Waals surface area contributed by atoms with Crippen LogP contribution in [0, 0.1) is 0 Å². The maximum Gasteiger partial charge on any atom is 0.339 e. The lowest BCUT2D eigenvalue weighted by Crippen LogP contribution is -2.10. The number of fused-ring (bicyclic) bond motifs is 1. The molecule has 4 aromatic carbocycles. The van der Waals surface area contributed by atoms with Crippen molar-refractivity contribution in [3.8, 4) is 16.9 Å². The topological polar surface area (TPSA) is 57.5 Å². The second-order valence-electron chi connectivity index (χ2n) is 9.35. The van der Waals surface area contributed by atoms with Gasteiger partial charge in [0.15, 0.2) is 0 Å². The summed E-state index contributed by atoms with van der Waals surface area (Å²) < 4.78 is 0. The van der Waals surface area contributed by atoms with Crippen molar-refractivity contribution >= 4 is 16.7 Å². The first-order valence-corrected chi connectivity index (χ1v) is 11.9. The van der Waals surface area contributed by atoms with Crippen LogP contribution in [-0.4, -0.2) is 16.2 Å². The number of carbonyl (C=O) groups is 1. The molecule has 0 atom stereocenters. The molecule has 3 nitrogen and oxygen atoms in total. The summed E-state index contributed by atoms with van der Waals surface area (Å²) in [6.07, 6.45) is 1.28. The van der Waals surface area contributed by atoms with Crippen LogP contribution in [-0.2, 0) is 18.3 Å². The molecule has 4 rings (SSSR count). The van der Waals surface area contributed by atoms with Crippen molar-refractivity contribution in [3.63, 3.8) is 0 Å². The van der Waals surface area contributed by atoms with Gasteiger partial charge in [0.1, 0.15) is 11.3 Å². The van der Waals surface area contributed by atoms with E-state index in [2.05, 4.69) is 57.2 Å². The molecule has 0 radical (unpaired) electrons. The smallest absolute Gasteiger partial charge is 0.339 e. The first-order valence-electron chi connectivity index (χ1n) is 11.9. The molecule has 0 heterocycles. The van der Waals surface area contributed by atoms with Gasteiger partial charge >= 0.3 is 5.97 Å². The normalized spacial score (nSPS) is 11.1. The minimum Gasteiger partial charge on any atom is -0.507 e. The predicted octanol–water partition coefficient (Wildman–Crippen LogP) is 8.02. The van der Waals surface area contributed by atoms with Crippen LogP contribution in [0.3, 0.4) is 0 Å². The molecule has 2 N–H and O–H groups in total. The summed E-state index contributed by atoms with van der Waals surface area (Å²) >= 11 is 0. The molecule has 0 saturated carbocycles. The number of aromatic carboxylic acids is 1. The molecule has 0 fully saturated rings. The Kier molecular flexibility index (Phi) is 7.78. The van der Waals surface area contributed by atoms with Gasteiger partial charge in [0.25, 0.3) is 0 Å². The third-order valence-electron chi connectivity index (χ3n) is 6.01. The summed E-state index contributed by atoms with van der Waals surface area (Å²) in [6, 6.07) is 26.1. The van der Waals surface area contributed by atoms with Crippen molar-refractivity contribution in [2.24, 2.45) is 0 Å². The Labute approximate surface area is 202 Å². The van der Waals surface area contributed by atoms with E-state index in [1.165, 1.54) is 5.56 Å². The molecule has 0 spiro atoms. The van der Waals surface area contributed by atoms with Crippen LogP contribution in [0.2, 0.25) is 0 Å². The fourth-order valence-electron chi connectivity index (χ4n) is 4.03. The van der Waals surface area contributed by atoms with Crippen molar-refractivity contribution < 1.29 is 15.0 Å². The van der Waals surface area contributed by atoms with Crippen molar-refractivity contribution in [3.05, 3.63) is 101 Å². The Bertz CT molecular complexity index is 1280. The van der Waals surface area contributed by atoms with Crippen molar-refractivity contribution in [1.82, 2.24) is 0 Å². The first-order chi connectivity index (χ1) is 16.2. The molecule has 0 saturated heterocycles. The molecule has 176 valence electrons. The lowest BCUT2D eigenvalue weighted by atomic mass is 9.86. The van der Waals surface area contributed by atoms with E-state index in [0.29, 0.717) is 12.0 Å². The Morgan fingerprint density at radius 1 is 0.765 bits per heavy atom. The average molecular weight is 455 g/mol. The molecular formula is C31H34O3. The van der Waals surface area contributed by atoms with E-state index in [0.717, 1.165) is 33.9 Å². The van der Waals surface area contributed by atoms with Gasteiger partial charge in [-0.05, 0) is 75.0 Å². The number of rotatable bonds is 5. The van der Waals surface area contributed by atoms with Crippen LogP contribution in [0.25, 0.3) is 21.9 Å². The quantitative estimate of drug-likeness (QED) is 0.321. The van der Waals surface area contributed by atoms with E-state index in [4.69, 9.17) is 0 Å². The molecule has 0 aliphatic carbocycles. The number of benzene rings is 4. The van der Waals surface area contributed by atoms with Crippen LogP contribution >= 0.6 is 0 Å². The zero-order valence-electron chi connectivity index (χ0n) is 20.7. The van der Waals surface area contributed by atoms with Crippen molar-refractivity contribution in [1.29, 1.82) is 0 Å². The van der Waals surface area contributed by atoms with Gasteiger partial charge in [-0.1, -0.05) is 95.3 Å². The lowest BCUT2D eigenvalue weighted by molar-refractivity contribution is 0.0693. The molecule has 0 aliphatic rings. The Morgan fingerprint density at radius 3 is 2.03 bits per heavy atom. The van der Waals surface area contributed by atoms with Crippen LogP contribution < -0.4 is 0 Å². The van der Waals surface area contributed by atoms with E-state index in [-0.39, 0.29) is 16.7 Å². The summed E-state index contributed by atoms with van der Waals surface area (Å²) in [5, 5.41) is 22.5. The van der Waals surface area contributed by atoms with Gasteiger partial charge in [0, 0.05) is 0 Å². The second-order valence-corrected chi connectivity index (χ2v) is 9.35. The number of aromatic hydroxyl groups is 1. The monoisotopic (exact) mass is 454 g/mol. The van der Waals surface area contributed by atoms with Gasteiger partial charge in [-0.2, -0.15) is 0 Å². The van der Waals surface area contributed by atoms with Gasteiger partial charge in [-0.25, -0.2) is 4.79 Å². The van der Waals surface area contributed by atoms with E-state index in [9.17, 15) is 15.0 Å². The van der Waals surface area contributed by atoms with Crippen molar-refractivity contribution in [2.45, 2.75) is 52.9 Å². The van der Waals surface area contributed by atoms with Gasteiger partial charge in [-0.15, -0.1) is 0 Å². The fourth-order valence-corrected chi connectivity index (χ4v) is 4.03. The molecule has 0 amide bonds. The van der Waals surface area contributed by atoms with E-state index in [1.54, 1.807) is 6.07 Å². The molecule has 3 heteroatoms. The van der Waals surface area contributed by atoms with Gasteiger partial charge in [0.2, 0.25) is 0 Å². The molecule has 0 aliphatic heterocycles. The summed E-state index contributed by atoms with van der Waals surface area (Å²) in [5.74, 6) is -1.27. The SMILES string of the molecule is CC.CC(C)(C)c1ccc(CCc2cc(-c3ccc4ccccc4c3)cc(C(=O)O)c2O)cc1. The van der Waals surface area contributed by atoms with Gasteiger partial charge in [-0.3, -0.25) is 0 Å². The number of aryl methyl sites for hydroxylation is 2. The lowest BCUT2D eigenvalue weighted by Gasteiger charge is -2.19. The summed E-state index contributed by atoms with van der Waals surface area (Å²) in [4.78, 5) is 11.8. The number of phenols is 1. The molecule has 0 aromatic heterocycles. The number of carboxylic acids is 1. The Balaban J connectivity index is 0.00000158. The minimum atomic E-state index is -1.12. The van der Waals surface area contributed by atoms with E-state index >= 15 is 0 Å². The Morgan fingerprint density at radius 2 is 1.41 bits per heavy atom. The third-order valence-corrected chi connectivity index (χ3v) is 6.01. The highest BCUT2D eigenvalue weighted by molar-refractivity contribution is 5.94. The summed E-state index contributed by atoms with van der Waals surface area (Å²) in [6.45, 7) is 10.6. The van der Waals surface area contributed by atoms with Crippen LogP contribution in [0.15, 0.2) is 78.9 Å². The largest absolute Gasteiger partial charge is 0.507 e. The molecule has 0 bridgehead atoms. The summed E-state index contributed by atoms with van der Waals surface area (Å²) in [5.41, 5.74) is 4.84. The molecule has 0 unspecified atom stereocenters. The number of hydrogen-bond donors (Lipinski definition) is 2. The highest BCUT2D eigenvalue weighted by atomic mass is 16.4. The Hall–Kier alpha value is -3.59. The van der Waals surface area contributed by atoms with Crippen LogP contribution in [0.1, 0.15) is 61.7 Å². The maximum atomic E-state index is 11.8. The van der Waals surface area contributed by atoms with Crippen LogP contribution in [0.4, 0.5) is 0 Å². The molecule has 34 heavy (non-hydrogen) atoms. The zero-order valence-corrected chi connectivity index (χ0v) is 20.7. The molecule has 4 aromatic rings. The third kappa shape index (κ3) is 5.66. The zero-order chi connectivity index (χ0) is 24.9. The van der Waals surface area contributed by atoms with Gasteiger partial charge < -0.3 is 10.2 Å². The minimum absolute atomic E-state index is 0.0614. The highest BCUT2D eigenvalue weighted by Crippen LogP contribution is 2.33. The number of hydrogen-bond acceptors (Lipinski definition) is 2. The van der Waals surface area contributed by atoms with Crippen molar-refractivity contribution in [2.75, 3.05) is 0 Å². The van der Waals surface area contributed by atoms with E-state index in [1.807, 2.05) is 50.2 Å². The fraction of sp³-hybridized carbons (Fsp3) is 0.258. The highest BCUT2D eigenvalue weighted by Gasteiger charge is 2.17. The second kappa shape index (κ2) is 10.6. The maximum absolute atomic E-state index is 11.8. The van der Waals surface area contributed by atoms with E-state index < -0.39 is 5.97 Å². The molecular weight excluding hydrogens is 420 g/mol.